The van der Waals surface area contributed by atoms with E-state index >= 15 is 0 Å². The van der Waals surface area contributed by atoms with Gasteiger partial charge in [0.15, 0.2) is 0 Å². The molecule has 0 spiro atoms. The number of nitrogens with zero attached hydrogens (tertiary/aromatic N) is 1. The molecule has 1 atom stereocenters. The number of carbonyl (C=O) groups is 2. The van der Waals surface area contributed by atoms with E-state index in [0.717, 1.165) is 35.7 Å². The fourth-order valence-corrected chi connectivity index (χ4v) is 3.69. The molecule has 29 heavy (non-hydrogen) atoms. The van der Waals surface area contributed by atoms with Crippen LogP contribution in [0.3, 0.4) is 0 Å². The fraction of sp³-hybridized carbons (Fsp3) is 0.333. The second-order valence-corrected chi connectivity index (χ2v) is 7.16. The van der Waals surface area contributed by atoms with Gasteiger partial charge in [-0.3, -0.25) is 4.79 Å². The number of anilines is 2. The van der Waals surface area contributed by atoms with Crippen LogP contribution < -0.4 is 30.3 Å². The monoisotopic (exact) mass is 396 g/mol. The summed E-state index contributed by atoms with van der Waals surface area (Å²) in [6, 6.07) is 10.9. The van der Waals surface area contributed by atoms with Crippen LogP contribution in [0.1, 0.15) is 22.3 Å². The molecule has 0 radical (unpaired) electrons. The van der Waals surface area contributed by atoms with Crippen LogP contribution >= 0.6 is 0 Å². The number of amides is 3. The van der Waals surface area contributed by atoms with E-state index in [9.17, 15) is 9.59 Å². The first-order valence-corrected chi connectivity index (χ1v) is 9.52. The Morgan fingerprint density at radius 2 is 1.90 bits per heavy atom. The standard InChI is InChI=1S/C21H24N4O4/c1-28-17-8-16(9-18(10-17)29-2)25-6-5-15(12-25)23-20(26)13-3-4-14-11-22-21(27)24-19(14)7-13/h3-4,7-10,15H,5-6,11-12H2,1-2H3,(H,23,26)(H2,22,24,27). The molecule has 4 rings (SSSR count). The molecule has 1 unspecified atom stereocenters. The van der Waals surface area contributed by atoms with Crippen molar-refractivity contribution in [3.8, 4) is 11.5 Å². The van der Waals surface area contributed by atoms with Crippen molar-refractivity contribution in [1.29, 1.82) is 0 Å². The third-order valence-corrected chi connectivity index (χ3v) is 5.28. The Bertz CT molecular complexity index is 924. The molecule has 3 N–H and O–H groups in total. The van der Waals surface area contributed by atoms with E-state index in [2.05, 4.69) is 20.9 Å². The summed E-state index contributed by atoms with van der Waals surface area (Å²) in [4.78, 5) is 26.4. The molecular formula is C21H24N4O4. The van der Waals surface area contributed by atoms with Crippen molar-refractivity contribution < 1.29 is 19.1 Å². The smallest absolute Gasteiger partial charge is 0.319 e. The normalized spacial score (nSPS) is 17.8. The average Bonchev–Trinajstić information content (AvgIpc) is 3.21. The maximum absolute atomic E-state index is 12.7. The van der Waals surface area contributed by atoms with Gasteiger partial charge in [0.2, 0.25) is 0 Å². The third-order valence-electron chi connectivity index (χ3n) is 5.28. The zero-order valence-electron chi connectivity index (χ0n) is 16.5. The zero-order chi connectivity index (χ0) is 20.4. The minimum atomic E-state index is -0.254. The number of carbonyl (C=O) groups excluding carboxylic acids is 2. The van der Waals surface area contributed by atoms with Crippen LogP contribution in [0.5, 0.6) is 11.5 Å². The van der Waals surface area contributed by atoms with Gasteiger partial charge in [-0.15, -0.1) is 0 Å². The number of fused-ring (bicyclic) bond motifs is 1. The molecule has 2 heterocycles. The lowest BCUT2D eigenvalue weighted by molar-refractivity contribution is 0.0940. The summed E-state index contributed by atoms with van der Waals surface area (Å²) in [5.74, 6) is 1.32. The highest BCUT2D eigenvalue weighted by molar-refractivity contribution is 5.98. The summed E-state index contributed by atoms with van der Waals surface area (Å²) >= 11 is 0. The second kappa shape index (κ2) is 7.90. The van der Waals surface area contributed by atoms with E-state index in [1.807, 2.05) is 24.3 Å². The molecule has 0 aromatic heterocycles. The first kappa shape index (κ1) is 18.9. The highest BCUT2D eigenvalue weighted by Gasteiger charge is 2.26. The molecular weight excluding hydrogens is 372 g/mol. The van der Waals surface area contributed by atoms with E-state index in [-0.39, 0.29) is 18.0 Å². The van der Waals surface area contributed by atoms with Gasteiger partial charge in [-0.05, 0) is 24.1 Å². The SMILES string of the molecule is COc1cc(OC)cc(N2CCC(NC(=O)c3ccc4c(c3)NC(=O)NC4)C2)c1. The Hall–Kier alpha value is -3.42. The van der Waals surface area contributed by atoms with Crippen LogP contribution in [0.4, 0.5) is 16.2 Å². The van der Waals surface area contributed by atoms with Crippen molar-refractivity contribution in [2.45, 2.75) is 19.0 Å². The number of hydrogen-bond donors (Lipinski definition) is 3. The van der Waals surface area contributed by atoms with Crippen LogP contribution in [0.2, 0.25) is 0 Å². The summed E-state index contributed by atoms with van der Waals surface area (Å²) in [6.07, 6.45) is 0.844. The van der Waals surface area contributed by atoms with Crippen molar-refractivity contribution in [3.63, 3.8) is 0 Å². The Morgan fingerprint density at radius 1 is 1.14 bits per heavy atom. The zero-order valence-corrected chi connectivity index (χ0v) is 16.5. The molecule has 2 aromatic rings. The molecule has 2 aromatic carbocycles. The van der Waals surface area contributed by atoms with Gasteiger partial charge >= 0.3 is 6.03 Å². The van der Waals surface area contributed by atoms with E-state index in [0.29, 0.717) is 24.3 Å². The number of benzene rings is 2. The summed E-state index contributed by atoms with van der Waals surface area (Å²) in [5.41, 5.74) is 3.17. The number of methoxy groups -OCH3 is 2. The molecule has 0 bridgehead atoms. The van der Waals surface area contributed by atoms with Gasteiger partial charge in [-0.2, -0.15) is 0 Å². The molecule has 2 aliphatic heterocycles. The predicted octanol–water partition coefficient (Wildman–Crippen LogP) is 2.35. The Balaban J connectivity index is 1.42. The Kier molecular flexibility index (Phi) is 5.16. The number of urea groups is 1. The number of hydrogen-bond acceptors (Lipinski definition) is 5. The number of nitrogens with one attached hydrogen (secondary N) is 3. The fourth-order valence-electron chi connectivity index (χ4n) is 3.69. The molecule has 1 saturated heterocycles. The topological polar surface area (TPSA) is 91.9 Å². The van der Waals surface area contributed by atoms with Gasteiger partial charge in [0, 0.05) is 60.8 Å². The van der Waals surface area contributed by atoms with Gasteiger partial charge in [0.1, 0.15) is 11.5 Å². The van der Waals surface area contributed by atoms with Crippen LogP contribution in [0.25, 0.3) is 0 Å². The van der Waals surface area contributed by atoms with E-state index in [1.54, 1.807) is 26.4 Å². The van der Waals surface area contributed by atoms with Gasteiger partial charge < -0.3 is 30.3 Å². The van der Waals surface area contributed by atoms with E-state index in [4.69, 9.17) is 9.47 Å². The maximum Gasteiger partial charge on any atom is 0.319 e. The predicted molar refractivity (Wildman–Crippen MR) is 110 cm³/mol. The van der Waals surface area contributed by atoms with Crippen LogP contribution in [-0.2, 0) is 6.54 Å². The molecule has 0 aliphatic carbocycles. The number of ether oxygens (including phenoxy) is 2. The highest BCUT2D eigenvalue weighted by atomic mass is 16.5. The molecule has 3 amide bonds. The van der Waals surface area contributed by atoms with Crippen molar-refractivity contribution >= 4 is 23.3 Å². The highest BCUT2D eigenvalue weighted by Crippen LogP contribution is 2.30. The molecule has 2 aliphatic rings. The van der Waals surface area contributed by atoms with Crippen molar-refractivity contribution in [3.05, 3.63) is 47.5 Å². The van der Waals surface area contributed by atoms with Crippen LogP contribution in [0, 0.1) is 0 Å². The second-order valence-electron chi connectivity index (χ2n) is 7.16. The molecule has 8 nitrogen and oxygen atoms in total. The van der Waals surface area contributed by atoms with Crippen LogP contribution in [0.15, 0.2) is 36.4 Å². The lowest BCUT2D eigenvalue weighted by Crippen LogP contribution is -2.37. The largest absolute Gasteiger partial charge is 0.497 e. The first-order chi connectivity index (χ1) is 14.1. The van der Waals surface area contributed by atoms with Gasteiger partial charge in [-0.1, -0.05) is 6.07 Å². The van der Waals surface area contributed by atoms with Crippen molar-refractivity contribution in [1.82, 2.24) is 10.6 Å². The summed E-state index contributed by atoms with van der Waals surface area (Å²) < 4.78 is 10.7. The van der Waals surface area contributed by atoms with Gasteiger partial charge in [-0.25, -0.2) is 4.79 Å². The Labute approximate surface area is 169 Å². The molecule has 8 heteroatoms. The van der Waals surface area contributed by atoms with Crippen molar-refractivity contribution in [2.75, 3.05) is 37.5 Å². The number of rotatable bonds is 5. The van der Waals surface area contributed by atoms with Crippen molar-refractivity contribution in [2.24, 2.45) is 0 Å². The summed E-state index contributed by atoms with van der Waals surface area (Å²) in [7, 11) is 3.26. The van der Waals surface area contributed by atoms with E-state index in [1.165, 1.54) is 0 Å². The lowest BCUT2D eigenvalue weighted by atomic mass is 10.1. The third kappa shape index (κ3) is 4.06. The molecule has 152 valence electrons. The first-order valence-electron chi connectivity index (χ1n) is 9.52. The summed E-state index contributed by atoms with van der Waals surface area (Å²) in [6.45, 7) is 1.99. The maximum atomic E-state index is 12.7. The summed E-state index contributed by atoms with van der Waals surface area (Å²) in [5, 5.41) is 8.54. The minimum Gasteiger partial charge on any atom is -0.497 e. The van der Waals surface area contributed by atoms with Crippen LogP contribution in [-0.4, -0.2) is 45.3 Å². The Morgan fingerprint density at radius 3 is 2.62 bits per heavy atom. The lowest BCUT2D eigenvalue weighted by Gasteiger charge is -2.21. The average molecular weight is 396 g/mol. The molecule has 1 fully saturated rings. The van der Waals surface area contributed by atoms with Gasteiger partial charge in [0.05, 0.1) is 14.2 Å². The quantitative estimate of drug-likeness (QED) is 0.722. The molecule has 0 saturated carbocycles. The van der Waals surface area contributed by atoms with Gasteiger partial charge in [0.25, 0.3) is 5.91 Å². The minimum absolute atomic E-state index is 0.0342. The van der Waals surface area contributed by atoms with E-state index < -0.39 is 0 Å².